The minimum Gasteiger partial charge on any atom is -0.478 e. The summed E-state index contributed by atoms with van der Waals surface area (Å²) in [6.07, 6.45) is 0. The van der Waals surface area contributed by atoms with Crippen LogP contribution in [0.25, 0.3) is 0 Å². The van der Waals surface area contributed by atoms with Gasteiger partial charge in [-0.05, 0) is 32.9 Å². The van der Waals surface area contributed by atoms with Crippen LogP contribution in [0.15, 0.2) is 24.3 Å². The van der Waals surface area contributed by atoms with Crippen LogP contribution in [0, 0.1) is 0 Å². The Hall–Kier alpha value is -2.37. The van der Waals surface area contributed by atoms with Crippen molar-refractivity contribution in [3.05, 3.63) is 35.4 Å². The predicted octanol–water partition coefficient (Wildman–Crippen LogP) is 1.37. The molecule has 6 heteroatoms. The molecule has 114 valence electrons. The zero-order chi connectivity index (χ0) is 16.0. The molecule has 0 aliphatic carbocycles. The second-order valence-corrected chi connectivity index (χ2v) is 4.89. The molecule has 0 aliphatic rings. The average molecular weight is 292 g/mol. The van der Waals surface area contributed by atoms with Gasteiger partial charge in [0, 0.05) is 12.6 Å². The van der Waals surface area contributed by atoms with Crippen LogP contribution in [0.3, 0.4) is 0 Å². The van der Waals surface area contributed by atoms with Gasteiger partial charge in [0.25, 0.3) is 5.91 Å². The normalized spacial score (nSPS) is 10.3. The van der Waals surface area contributed by atoms with Crippen molar-refractivity contribution in [2.45, 2.75) is 26.8 Å². The maximum atomic E-state index is 12.4. The van der Waals surface area contributed by atoms with Crippen LogP contribution >= 0.6 is 0 Å². The number of carboxylic acids is 1. The van der Waals surface area contributed by atoms with Gasteiger partial charge in [0.2, 0.25) is 5.91 Å². The lowest BCUT2D eigenvalue weighted by atomic mass is 10.1. The van der Waals surface area contributed by atoms with Gasteiger partial charge in [-0.15, -0.1) is 0 Å². The third kappa shape index (κ3) is 4.59. The fourth-order valence-corrected chi connectivity index (χ4v) is 1.89. The number of carbonyl (C=O) groups is 3. The van der Waals surface area contributed by atoms with E-state index in [4.69, 9.17) is 5.11 Å². The van der Waals surface area contributed by atoms with Crippen molar-refractivity contribution >= 4 is 17.8 Å². The van der Waals surface area contributed by atoms with Gasteiger partial charge in [-0.2, -0.15) is 0 Å². The van der Waals surface area contributed by atoms with Crippen molar-refractivity contribution in [1.29, 1.82) is 0 Å². The molecule has 0 heterocycles. The highest BCUT2D eigenvalue weighted by Gasteiger charge is 2.22. The lowest BCUT2D eigenvalue weighted by molar-refractivity contribution is -0.122. The molecular formula is C15H20N2O4. The molecule has 2 N–H and O–H groups in total. The summed E-state index contributed by atoms with van der Waals surface area (Å²) in [5, 5.41) is 11.8. The average Bonchev–Trinajstić information content (AvgIpc) is 2.43. The highest BCUT2D eigenvalue weighted by Crippen LogP contribution is 2.12. The van der Waals surface area contributed by atoms with E-state index in [2.05, 4.69) is 5.32 Å². The van der Waals surface area contributed by atoms with E-state index in [1.54, 1.807) is 19.1 Å². The highest BCUT2D eigenvalue weighted by molar-refractivity contribution is 6.05. The summed E-state index contributed by atoms with van der Waals surface area (Å²) in [7, 11) is 0. The van der Waals surface area contributed by atoms with Gasteiger partial charge in [-0.1, -0.05) is 12.1 Å². The Morgan fingerprint density at radius 2 is 1.76 bits per heavy atom. The fourth-order valence-electron chi connectivity index (χ4n) is 1.89. The molecule has 1 aromatic rings. The van der Waals surface area contributed by atoms with Crippen LogP contribution in [0.2, 0.25) is 0 Å². The number of carbonyl (C=O) groups excluding carboxylic acids is 2. The SMILES string of the molecule is CCN(CC(=O)NC(C)C)C(=O)c1ccccc1C(=O)O. The van der Waals surface area contributed by atoms with Crippen LogP contribution in [-0.2, 0) is 4.79 Å². The van der Waals surface area contributed by atoms with Crippen LogP contribution in [-0.4, -0.2) is 46.9 Å². The summed E-state index contributed by atoms with van der Waals surface area (Å²) in [6.45, 7) is 5.62. The molecule has 1 rings (SSSR count). The van der Waals surface area contributed by atoms with Gasteiger partial charge in [-0.25, -0.2) is 4.79 Å². The second kappa shape index (κ2) is 7.42. The number of carboxylic acid groups (broad SMARTS) is 1. The Morgan fingerprint density at radius 1 is 1.19 bits per heavy atom. The van der Waals surface area contributed by atoms with Crippen molar-refractivity contribution < 1.29 is 19.5 Å². The number of amides is 2. The first-order valence-electron chi connectivity index (χ1n) is 6.77. The molecule has 0 atom stereocenters. The van der Waals surface area contributed by atoms with E-state index in [0.717, 1.165) is 0 Å². The molecular weight excluding hydrogens is 272 g/mol. The van der Waals surface area contributed by atoms with Crippen molar-refractivity contribution in [3.63, 3.8) is 0 Å². The first-order valence-corrected chi connectivity index (χ1v) is 6.77. The lowest BCUT2D eigenvalue weighted by Gasteiger charge is -2.21. The summed E-state index contributed by atoms with van der Waals surface area (Å²) >= 11 is 0. The number of nitrogens with one attached hydrogen (secondary N) is 1. The van der Waals surface area contributed by atoms with Gasteiger partial charge in [0.05, 0.1) is 17.7 Å². The van der Waals surface area contributed by atoms with E-state index in [-0.39, 0.29) is 29.6 Å². The van der Waals surface area contributed by atoms with Crippen molar-refractivity contribution in [2.75, 3.05) is 13.1 Å². The smallest absolute Gasteiger partial charge is 0.336 e. The zero-order valence-electron chi connectivity index (χ0n) is 12.4. The largest absolute Gasteiger partial charge is 0.478 e. The Balaban J connectivity index is 2.94. The standard InChI is InChI=1S/C15H20N2O4/c1-4-17(9-13(18)16-10(2)3)14(19)11-7-5-6-8-12(11)15(20)21/h5-8,10H,4,9H2,1-3H3,(H,16,18)(H,20,21). The number of rotatable bonds is 6. The van der Waals surface area contributed by atoms with Gasteiger partial charge in [-0.3, -0.25) is 9.59 Å². The minimum atomic E-state index is -1.17. The van der Waals surface area contributed by atoms with Crippen molar-refractivity contribution in [1.82, 2.24) is 10.2 Å². The van der Waals surface area contributed by atoms with E-state index in [0.29, 0.717) is 6.54 Å². The summed E-state index contributed by atoms with van der Waals surface area (Å²) in [4.78, 5) is 36.6. The molecule has 0 fully saturated rings. The van der Waals surface area contributed by atoms with Gasteiger partial charge in [0.15, 0.2) is 0 Å². The third-order valence-corrected chi connectivity index (χ3v) is 2.84. The topological polar surface area (TPSA) is 86.7 Å². The van der Waals surface area contributed by atoms with Crippen molar-refractivity contribution in [2.24, 2.45) is 0 Å². The quantitative estimate of drug-likeness (QED) is 0.829. The molecule has 2 amide bonds. The van der Waals surface area contributed by atoms with E-state index in [1.165, 1.54) is 17.0 Å². The first-order chi connectivity index (χ1) is 9.86. The van der Waals surface area contributed by atoms with Gasteiger partial charge >= 0.3 is 5.97 Å². The molecule has 0 aromatic heterocycles. The minimum absolute atomic E-state index is 0.0161. The van der Waals surface area contributed by atoms with Crippen LogP contribution < -0.4 is 5.32 Å². The zero-order valence-corrected chi connectivity index (χ0v) is 12.4. The molecule has 0 unspecified atom stereocenters. The van der Waals surface area contributed by atoms with Gasteiger partial charge in [0.1, 0.15) is 0 Å². The molecule has 0 aliphatic heterocycles. The van der Waals surface area contributed by atoms with Crippen molar-refractivity contribution in [3.8, 4) is 0 Å². The monoisotopic (exact) mass is 292 g/mol. The summed E-state index contributed by atoms with van der Waals surface area (Å²) in [5.74, 6) is -1.90. The predicted molar refractivity (Wildman–Crippen MR) is 78.3 cm³/mol. The molecule has 6 nitrogen and oxygen atoms in total. The Bertz CT molecular complexity index is 540. The maximum absolute atomic E-state index is 12.4. The second-order valence-electron chi connectivity index (χ2n) is 4.89. The number of likely N-dealkylation sites (N-methyl/N-ethyl adjacent to an activating group) is 1. The Morgan fingerprint density at radius 3 is 2.24 bits per heavy atom. The van der Waals surface area contributed by atoms with Crippen LogP contribution in [0.5, 0.6) is 0 Å². The third-order valence-electron chi connectivity index (χ3n) is 2.84. The number of hydrogen-bond acceptors (Lipinski definition) is 3. The molecule has 1 aromatic carbocycles. The summed E-state index contributed by atoms with van der Waals surface area (Å²) in [6, 6.07) is 5.97. The molecule has 21 heavy (non-hydrogen) atoms. The van der Waals surface area contributed by atoms with E-state index < -0.39 is 11.9 Å². The number of aromatic carboxylic acids is 1. The van der Waals surface area contributed by atoms with Crippen LogP contribution in [0.4, 0.5) is 0 Å². The molecule has 0 saturated heterocycles. The van der Waals surface area contributed by atoms with E-state index in [1.807, 2.05) is 13.8 Å². The highest BCUT2D eigenvalue weighted by atomic mass is 16.4. The number of benzene rings is 1. The fraction of sp³-hybridized carbons (Fsp3) is 0.400. The number of nitrogens with zero attached hydrogens (tertiary/aromatic N) is 1. The lowest BCUT2D eigenvalue weighted by Crippen LogP contribution is -2.43. The summed E-state index contributed by atoms with van der Waals surface area (Å²) in [5.41, 5.74) is 0.0226. The summed E-state index contributed by atoms with van der Waals surface area (Å²) < 4.78 is 0. The Labute approximate surface area is 123 Å². The van der Waals surface area contributed by atoms with E-state index >= 15 is 0 Å². The molecule has 0 bridgehead atoms. The molecule has 0 radical (unpaired) electrons. The Kier molecular flexibility index (Phi) is 5.90. The molecule has 0 spiro atoms. The first kappa shape index (κ1) is 16.7. The maximum Gasteiger partial charge on any atom is 0.336 e. The molecule has 0 saturated carbocycles. The van der Waals surface area contributed by atoms with Gasteiger partial charge < -0.3 is 15.3 Å². The van der Waals surface area contributed by atoms with Crippen LogP contribution in [0.1, 0.15) is 41.5 Å². The number of hydrogen-bond donors (Lipinski definition) is 2. The van der Waals surface area contributed by atoms with E-state index in [9.17, 15) is 14.4 Å².